The zero-order valence-corrected chi connectivity index (χ0v) is 9.30. The summed E-state index contributed by atoms with van der Waals surface area (Å²) >= 11 is 0. The Morgan fingerprint density at radius 1 is 1.50 bits per heavy atom. The first-order chi connectivity index (χ1) is 7.50. The van der Waals surface area contributed by atoms with Gasteiger partial charge in [0.25, 0.3) is 0 Å². The number of aromatic carboxylic acids is 1. The van der Waals surface area contributed by atoms with Crippen molar-refractivity contribution < 1.29 is 19.7 Å². The average Bonchev–Trinajstić information content (AvgIpc) is 2.19. The van der Waals surface area contributed by atoms with Gasteiger partial charge in [0.1, 0.15) is 5.75 Å². The summed E-state index contributed by atoms with van der Waals surface area (Å²) in [6, 6.07) is 2.71. The number of nitrogens with zero attached hydrogens (tertiary/aromatic N) is 1. The van der Waals surface area contributed by atoms with Gasteiger partial charge in [0.2, 0.25) is 5.88 Å². The van der Waals surface area contributed by atoms with E-state index in [-0.39, 0.29) is 17.3 Å². The first kappa shape index (κ1) is 12.3. The topological polar surface area (TPSA) is 79.7 Å². The fourth-order valence-electron chi connectivity index (χ4n) is 1.07. The third-order valence-electron chi connectivity index (χ3n) is 2.00. The summed E-state index contributed by atoms with van der Waals surface area (Å²) in [7, 11) is 0. The van der Waals surface area contributed by atoms with Crippen LogP contribution in [0.4, 0.5) is 0 Å². The SMILES string of the molecule is CC(C)CCOc1ccc(O)c(C(=O)O)n1. The highest BCUT2D eigenvalue weighted by molar-refractivity contribution is 5.88. The molecule has 0 unspecified atom stereocenters. The second-order valence-electron chi connectivity index (χ2n) is 3.85. The molecule has 2 N–H and O–H groups in total. The molecule has 0 aliphatic rings. The van der Waals surface area contributed by atoms with Crippen molar-refractivity contribution in [1.82, 2.24) is 4.98 Å². The van der Waals surface area contributed by atoms with Gasteiger partial charge in [-0.2, -0.15) is 0 Å². The molecule has 0 saturated heterocycles. The molecule has 0 aliphatic heterocycles. The van der Waals surface area contributed by atoms with Crippen LogP contribution in [0.15, 0.2) is 12.1 Å². The zero-order valence-electron chi connectivity index (χ0n) is 9.30. The lowest BCUT2D eigenvalue weighted by atomic mass is 10.1. The molecule has 0 fully saturated rings. The normalized spacial score (nSPS) is 10.4. The van der Waals surface area contributed by atoms with E-state index in [1.165, 1.54) is 12.1 Å². The van der Waals surface area contributed by atoms with Crippen LogP contribution in [0, 0.1) is 5.92 Å². The molecule has 5 heteroatoms. The van der Waals surface area contributed by atoms with Crippen LogP contribution in [0.3, 0.4) is 0 Å². The van der Waals surface area contributed by atoms with Crippen molar-refractivity contribution in [1.29, 1.82) is 0 Å². The molecule has 1 aromatic heterocycles. The molecule has 5 nitrogen and oxygen atoms in total. The molecule has 88 valence electrons. The second-order valence-corrected chi connectivity index (χ2v) is 3.85. The van der Waals surface area contributed by atoms with Gasteiger partial charge in [-0.25, -0.2) is 9.78 Å². The van der Waals surface area contributed by atoms with Crippen LogP contribution >= 0.6 is 0 Å². The largest absolute Gasteiger partial charge is 0.505 e. The molecule has 0 amide bonds. The van der Waals surface area contributed by atoms with E-state index in [9.17, 15) is 9.90 Å². The van der Waals surface area contributed by atoms with E-state index < -0.39 is 5.97 Å². The van der Waals surface area contributed by atoms with E-state index in [1.807, 2.05) is 0 Å². The molecule has 0 radical (unpaired) electrons. The fourth-order valence-corrected chi connectivity index (χ4v) is 1.07. The zero-order chi connectivity index (χ0) is 12.1. The smallest absolute Gasteiger partial charge is 0.358 e. The van der Waals surface area contributed by atoms with Crippen molar-refractivity contribution in [3.05, 3.63) is 17.8 Å². The number of carboxylic acids is 1. The monoisotopic (exact) mass is 225 g/mol. The van der Waals surface area contributed by atoms with Crippen LogP contribution in [-0.4, -0.2) is 27.8 Å². The quantitative estimate of drug-likeness (QED) is 0.800. The van der Waals surface area contributed by atoms with E-state index >= 15 is 0 Å². The lowest BCUT2D eigenvalue weighted by Crippen LogP contribution is -2.06. The van der Waals surface area contributed by atoms with E-state index in [0.717, 1.165) is 6.42 Å². The van der Waals surface area contributed by atoms with Crippen LogP contribution in [-0.2, 0) is 0 Å². The standard InChI is InChI=1S/C11H15NO4/c1-7(2)5-6-16-9-4-3-8(13)10(12-9)11(14)15/h3-4,7,13H,5-6H2,1-2H3,(H,14,15). The fraction of sp³-hybridized carbons (Fsp3) is 0.455. The molecule has 0 bridgehead atoms. The molecular formula is C11H15NO4. The van der Waals surface area contributed by atoms with E-state index in [0.29, 0.717) is 12.5 Å². The van der Waals surface area contributed by atoms with Gasteiger partial charge in [-0.3, -0.25) is 0 Å². The summed E-state index contributed by atoms with van der Waals surface area (Å²) in [6.07, 6.45) is 0.866. The number of hydrogen-bond acceptors (Lipinski definition) is 4. The summed E-state index contributed by atoms with van der Waals surface area (Å²) in [5.41, 5.74) is -0.387. The Labute approximate surface area is 93.7 Å². The van der Waals surface area contributed by atoms with Crippen molar-refractivity contribution in [2.45, 2.75) is 20.3 Å². The number of aromatic hydroxyl groups is 1. The highest BCUT2D eigenvalue weighted by atomic mass is 16.5. The van der Waals surface area contributed by atoms with Crippen LogP contribution in [0.25, 0.3) is 0 Å². The number of hydrogen-bond donors (Lipinski definition) is 2. The first-order valence-electron chi connectivity index (χ1n) is 5.06. The van der Waals surface area contributed by atoms with Gasteiger partial charge in [0.05, 0.1) is 6.61 Å². The van der Waals surface area contributed by atoms with Gasteiger partial charge in [0, 0.05) is 6.07 Å². The van der Waals surface area contributed by atoms with Gasteiger partial charge in [-0.1, -0.05) is 13.8 Å². The highest BCUT2D eigenvalue weighted by Crippen LogP contribution is 2.18. The Morgan fingerprint density at radius 3 is 2.75 bits per heavy atom. The number of ether oxygens (including phenoxy) is 1. The maximum absolute atomic E-state index is 10.7. The summed E-state index contributed by atoms with van der Waals surface area (Å²) < 4.78 is 5.28. The summed E-state index contributed by atoms with van der Waals surface area (Å²) in [5, 5.41) is 17.9. The van der Waals surface area contributed by atoms with Crippen molar-refractivity contribution in [2.75, 3.05) is 6.61 Å². The second kappa shape index (κ2) is 5.34. The maximum atomic E-state index is 10.7. The number of aromatic nitrogens is 1. The van der Waals surface area contributed by atoms with Crippen LogP contribution < -0.4 is 4.74 Å². The maximum Gasteiger partial charge on any atom is 0.358 e. The number of pyridine rings is 1. The van der Waals surface area contributed by atoms with Gasteiger partial charge in [0.15, 0.2) is 5.69 Å². The Kier molecular flexibility index (Phi) is 4.10. The minimum absolute atomic E-state index is 0.218. The highest BCUT2D eigenvalue weighted by Gasteiger charge is 2.12. The predicted molar refractivity (Wildman–Crippen MR) is 57.8 cm³/mol. The third kappa shape index (κ3) is 3.42. The Balaban J connectivity index is 2.68. The van der Waals surface area contributed by atoms with Crippen LogP contribution in [0.1, 0.15) is 30.8 Å². The Morgan fingerprint density at radius 2 is 2.19 bits per heavy atom. The van der Waals surface area contributed by atoms with E-state index in [1.54, 1.807) is 0 Å². The summed E-state index contributed by atoms with van der Waals surface area (Å²) in [4.78, 5) is 14.4. The lowest BCUT2D eigenvalue weighted by molar-refractivity contribution is 0.0685. The molecule has 0 aliphatic carbocycles. The van der Waals surface area contributed by atoms with Crippen molar-refractivity contribution in [2.24, 2.45) is 5.92 Å². The number of rotatable bonds is 5. The average molecular weight is 225 g/mol. The van der Waals surface area contributed by atoms with Crippen molar-refractivity contribution in [3.63, 3.8) is 0 Å². The number of carbonyl (C=O) groups is 1. The molecule has 0 spiro atoms. The van der Waals surface area contributed by atoms with Crippen molar-refractivity contribution >= 4 is 5.97 Å². The van der Waals surface area contributed by atoms with Gasteiger partial charge < -0.3 is 14.9 Å². The molecular weight excluding hydrogens is 210 g/mol. The molecule has 0 atom stereocenters. The molecule has 0 saturated carbocycles. The minimum Gasteiger partial charge on any atom is -0.505 e. The third-order valence-corrected chi connectivity index (χ3v) is 2.00. The molecule has 16 heavy (non-hydrogen) atoms. The summed E-state index contributed by atoms with van der Waals surface area (Å²) in [6.45, 7) is 4.61. The summed E-state index contributed by atoms with van der Waals surface area (Å²) in [5.74, 6) is -0.901. The minimum atomic E-state index is -1.27. The van der Waals surface area contributed by atoms with Gasteiger partial charge >= 0.3 is 5.97 Å². The van der Waals surface area contributed by atoms with Crippen LogP contribution in [0.2, 0.25) is 0 Å². The first-order valence-corrected chi connectivity index (χ1v) is 5.06. The van der Waals surface area contributed by atoms with E-state index in [4.69, 9.17) is 9.84 Å². The molecule has 1 aromatic rings. The van der Waals surface area contributed by atoms with E-state index in [2.05, 4.69) is 18.8 Å². The molecule has 1 rings (SSSR count). The molecule has 1 heterocycles. The van der Waals surface area contributed by atoms with Gasteiger partial charge in [-0.15, -0.1) is 0 Å². The molecule has 0 aromatic carbocycles. The Bertz CT molecular complexity index is 376. The van der Waals surface area contributed by atoms with Crippen molar-refractivity contribution in [3.8, 4) is 11.6 Å². The lowest BCUT2D eigenvalue weighted by Gasteiger charge is -2.08. The predicted octanol–water partition coefficient (Wildman–Crippen LogP) is 1.91. The van der Waals surface area contributed by atoms with Gasteiger partial charge in [-0.05, 0) is 18.4 Å². The Hall–Kier alpha value is -1.78. The number of carboxylic acid groups (broad SMARTS) is 1. The van der Waals surface area contributed by atoms with Crippen LogP contribution in [0.5, 0.6) is 11.6 Å².